The smallest absolute Gasteiger partial charge is 0.398 e. The first kappa shape index (κ1) is 12.0. The third-order valence-electron chi connectivity index (χ3n) is 2.79. The Balaban J connectivity index is 2.55. The highest BCUT2D eigenvalue weighted by molar-refractivity contribution is 5.78. The van der Waals surface area contributed by atoms with Crippen molar-refractivity contribution in [3.05, 3.63) is 35.4 Å². The van der Waals surface area contributed by atoms with Crippen molar-refractivity contribution in [2.24, 2.45) is 0 Å². The SMILES string of the molecule is Nc1cccc(C(F)(F)F)c1C1=CCNCC1. The van der Waals surface area contributed by atoms with Crippen molar-refractivity contribution in [1.82, 2.24) is 5.32 Å². The van der Waals surface area contributed by atoms with Crippen LogP contribution in [0.25, 0.3) is 5.57 Å². The number of alkyl halides is 3. The Labute approximate surface area is 97.3 Å². The molecule has 2 nitrogen and oxygen atoms in total. The average Bonchev–Trinajstić information content (AvgIpc) is 2.28. The van der Waals surface area contributed by atoms with Gasteiger partial charge in [-0.3, -0.25) is 0 Å². The third-order valence-corrected chi connectivity index (χ3v) is 2.79. The molecule has 0 saturated heterocycles. The van der Waals surface area contributed by atoms with E-state index in [0.717, 1.165) is 6.07 Å². The monoisotopic (exact) mass is 242 g/mol. The molecule has 1 aliphatic rings. The Kier molecular flexibility index (Phi) is 3.11. The molecule has 1 aromatic carbocycles. The highest BCUT2D eigenvalue weighted by atomic mass is 19.4. The predicted molar refractivity (Wildman–Crippen MR) is 61.3 cm³/mol. The number of nitrogens with one attached hydrogen (secondary N) is 1. The van der Waals surface area contributed by atoms with Gasteiger partial charge in [-0.15, -0.1) is 0 Å². The third kappa shape index (κ3) is 2.44. The molecule has 0 aromatic heterocycles. The van der Waals surface area contributed by atoms with E-state index in [1.165, 1.54) is 12.1 Å². The van der Waals surface area contributed by atoms with Crippen molar-refractivity contribution in [1.29, 1.82) is 0 Å². The van der Waals surface area contributed by atoms with Crippen molar-refractivity contribution in [2.45, 2.75) is 12.6 Å². The highest BCUT2D eigenvalue weighted by Crippen LogP contribution is 2.38. The molecule has 1 aliphatic heterocycles. The van der Waals surface area contributed by atoms with Gasteiger partial charge in [-0.25, -0.2) is 0 Å². The lowest BCUT2D eigenvalue weighted by molar-refractivity contribution is -0.137. The number of halogens is 3. The number of benzene rings is 1. The molecule has 1 aromatic rings. The van der Waals surface area contributed by atoms with E-state index in [4.69, 9.17) is 5.73 Å². The minimum absolute atomic E-state index is 0.140. The Hall–Kier alpha value is -1.49. The molecule has 0 aliphatic carbocycles. The first-order valence-electron chi connectivity index (χ1n) is 5.36. The summed E-state index contributed by atoms with van der Waals surface area (Å²) in [6.45, 7) is 1.26. The zero-order valence-corrected chi connectivity index (χ0v) is 9.14. The standard InChI is InChI=1S/C12H13F3N2/c13-12(14,15)9-2-1-3-10(16)11(9)8-4-6-17-7-5-8/h1-4,17H,5-7,16H2. The molecule has 0 unspecified atom stereocenters. The molecule has 0 fully saturated rings. The van der Waals surface area contributed by atoms with Crippen LogP contribution in [0.1, 0.15) is 17.5 Å². The van der Waals surface area contributed by atoms with Crippen LogP contribution in [-0.4, -0.2) is 13.1 Å². The van der Waals surface area contributed by atoms with Crippen LogP contribution < -0.4 is 11.1 Å². The van der Waals surface area contributed by atoms with E-state index in [1.54, 1.807) is 6.08 Å². The molecule has 0 bridgehead atoms. The van der Waals surface area contributed by atoms with E-state index in [2.05, 4.69) is 5.32 Å². The fourth-order valence-corrected chi connectivity index (χ4v) is 2.01. The summed E-state index contributed by atoms with van der Waals surface area (Å²) < 4.78 is 38.7. The molecule has 0 spiro atoms. The van der Waals surface area contributed by atoms with E-state index in [1.807, 2.05) is 0 Å². The first-order valence-corrected chi connectivity index (χ1v) is 5.36. The van der Waals surface area contributed by atoms with Crippen molar-refractivity contribution in [3.63, 3.8) is 0 Å². The van der Waals surface area contributed by atoms with E-state index in [0.29, 0.717) is 25.1 Å². The number of rotatable bonds is 1. The van der Waals surface area contributed by atoms with Gasteiger partial charge >= 0.3 is 6.18 Å². The van der Waals surface area contributed by atoms with Crippen molar-refractivity contribution in [2.75, 3.05) is 18.8 Å². The number of anilines is 1. The number of nitrogen functional groups attached to an aromatic ring is 1. The largest absolute Gasteiger partial charge is 0.417 e. The normalized spacial score (nSPS) is 16.8. The zero-order valence-electron chi connectivity index (χ0n) is 9.14. The van der Waals surface area contributed by atoms with Gasteiger partial charge in [-0.05, 0) is 30.7 Å². The van der Waals surface area contributed by atoms with Crippen molar-refractivity contribution >= 4 is 11.3 Å². The summed E-state index contributed by atoms with van der Waals surface area (Å²) in [5.74, 6) is 0. The second-order valence-electron chi connectivity index (χ2n) is 3.95. The van der Waals surface area contributed by atoms with Gasteiger partial charge in [0.05, 0.1) is 5.56 Å². The van der Waals surface area contributed by atoms with Gasteiger partial charge in [0.15, 0.2) is 0 Å². The van der Waals surface area contributed by atoms with Crippen LogP contribution in [0.3, 0.4) is 0 Å². The van der Waals surface area contributed by atoms with Crippen LogP contribution in [0.4, 0.5) is 18.9 Å². The summed E-state index contributed by atoms with van der Waals surface area (Å²) in [6.07, 6.45) is -2.03. The van der Waals surface area contributed by atoms with Crippen LogP contribution in [-0.2, 0) is 6.18 Å². The van der Waals surface area contributed by atoms with Crippen molar-refractivity contribution in [3.8, 4) is 0 Å². The highest BCUT2D eigenvalue weighted by Gasteiger charge is 2.34. The van der Waals surface area contributed by atoms with E-state index >= 15 is 0 Å². The molecule has 0 atom stereocenters. The molecular weight excluding hydrogens is 229 g/mol. The summed E-state index contributed by atoms with van der Waals surface area (Å²) in [6, 6.07) is 3.92. The molecule has 2 rings (SSSR count). The van der Waals surface area contributed by atoms with Gasteiger partial charge in [0, 0.05) is 17.8 Å². The lowest BCUT2D eigenvalue weighted by atomic mass is 9.93. The molecule has 17 heavy (non-hydrogen) atoms. The Morgan fingerprint density at radius 3 is 2.59 bits per heavy atom. The summed E-state index contributed by atoms with van der Waals surface area (Å²) in [4.78, 5) is 0. The lowest BCUT2D eigenvalue weighted by Gasteiger charge is -2.20. The summed E-state index contributed by atoms with van der Waals surface area (Å²) in [5, 5.41) is 3.06. The molecule has 0 amide bonds. The van der Waals surface area contributed by atoms with Crippen LogP contribution >= 0.6 is 0 Å². The van der Waals surface area contributed by atoms with Gasteiger partial charge < -0.3 is 11.1 Å². The molecule has 1 heterocycles. The molecular formula is C12H13F3N2. The van der Waals surface area contributed by atoms with E-state index in [-0.39, 0.29) is 11.3 Å². The Morgan fingerprint density at radius 1 is 1.24 bits per heavy atom. The maximum Gasteiger partial charge on any atom is 0.417 e. The lowest BCUT2D eigenvalue weighted by Crippen LogP contribution is -2.21. The average molecular weight is 242 g/mol. The van der Waals surface area contributed by atoms with Crippen LogP contribution in [0, 0.1) is 0 Å². The minimum atomic E-state index is -4.36. The quantitative estimate of drug-likeness (QED) is 0.743. The van der Waals surface area contributed by atoms with Gasteiger partial charge in [0.2, 0.25) is 0 Å². The topological polar surface area (TPSA) is 38.0 Å². The summed E-state index contributed by atoms with van der Waals surface area (Å²) in [5.41, 5.74) is 6.04. The predicted octanol–water partition coefficient (Wildman–Crippen LogP) is 2.66. The molecule has 5 heteroatoms. The molecule has 0 radical (unpaired) electrons. The molecule has 3 N–H and O–H groups in total. The van der Waals surface area contributed by atoms with Crippen LogP contribution in [0.2, 0.25) is 0 Å². The second-order valence-corrected chi connectivity index (χ2v) is 3.95. The van der Waals surface area contributed by atoms with E-state index < -0.39 is 11.7 Å². The first-order chi connectivity index (χ1) is 8.00. The van der Waals surface area contributed by atoms with Crippen LogP contribution in [0.15, 0.2) is 24.3 Å². The van der Waals surface area contributed by atoms with Gasteiger partial charge in [0.1, 0.15) is 0 Å². The minimum Gasteiger partial charge on any atom is -0.398 e. The van der Waals surface area contributed by atoms with E-state index in [9.17, 15) is 13.2 Å². The fraction of sp³-hybridized carbons (Fsp3) is 0.333. The van der Waals surface area contributed by atoms with Gasteiger partial charge in [-0.2, -0.15) is 13.2 Å². The fourth-order valence-electron chi connectivity index (χ4n) is 2.01. The van der Waals surface area contributed by atoms with Gasteiger partial charge in [-0.1, -0.05) is 12.1 Å². The number of hydrogen-bond donors (Lipinski definition) is 2. The zero-order chi connectivity index (χ0) is 12.5. The summed E-state index contributed by atoms with van der Waals surface area (Å²) >= 11 is 0. The number of nitrogens with two attached hydrogens (primary N) is 1. The Bertz CT molecular complexity index is 450. The Morgan fingerprint density at radius 2 is 2.00 bits per heavy atom. The summed E-state index contributed by atoms with van der Waals surface area (Å²) in [7, 11) is 0. The number of hydrogen-bond acceptors (Lipinski definition) is 2. The molecule has 92 valence electrons. The van der Waals surface area contributed by atoms with Crippen LogP contribution in [0.5, 0.6) is 0 Å². The maximum atomic E-state index is 12.9. The second kappa shape index (κ2) is 4.41. The van der Waals surface area contributed by atoms with Gasteiger partial charge in [0.25, 0.3) is 0 Å². The maximum absolute atomic E-state index is 12.9. The molecule has 0 saturated carbocycles. The van der Waals surface area contributed by atoms with Crippen molar-refractivity contribution < 1.29 is 13.2 Å².